The van der Waals surface area contributed by atoms with Crippen LogP contribution in [0.15, 0.2) is 82.3 Å². The molecule has 0 unspecified atom stereocenters. The van der Waals surface area contributed by atoms with Crippen molar-refractivity contribution >= 4 is 74.2 Å². The van der Waals surface area contributed by atoms with Crippen molar-refractivity contribution in [3.8, 4) is 5.69 Å². The predicted octanol–water partition coefficient (Wildman–Crippen LogP) is 7.12. The number of hydrogen-bond donors (Lipinski definition) is 1. The summed E-state index contributed by atoms with van der Waals surface area (Å²) in [4.78, 5) is 29.2. The molecule has 0 aliphatic heterocycles. The molecule has 1 amide bonds. The smallest absolute Gasteiger partial charge is 0.417 e. The number of hydrogen-bond acceptors (Lipinski definition) is 9. The van der Waals surface area contributed by atoms with Gasteiger partial charge >= 0.3 is 12.1 Å². The van der Waals surface area contributed by atoms with Crippen LogP contribution in [0.1, 0.15) is 11.4 Å². The Balaban J connectivity index is 1.19. The quantitative estimate of drug-likeness (QED) is 0.126. The number of esters is 1. The number of aromatic nitrogens is 4. The second-order valence-electron chi connectivity index (χ2n) is 8.50. The first-order chi connectivity index (χ1) is 20.2. The fourth-order valence-electron chi connectivity index (χ4n) is 3.69. The number of carbonyl (C=O) groups is 2. The molecule has 0 saturated carbocycles. The van der Waals surface area contributed by atoms with E-state index in [0.29, 0.717) is 22.8 Å². The predicted molar refractivity (Wildman–Crippen MR) is 157 cm³/mol. The van der Waals surface area contributed by atoms with Gasteiger partial charge in [-0.15, -0.1) is 21.5 Å². The molecule has 2 heterocycles. The molecule has 0 aliphatic carbocycles. The number of halogens is 4. The molecule has 0 spiro atoms. The topological polar surface area (TPSA) is 99.0 Å². The summed E-state index contributed by atoms with van der Waals surface area (Å²) in [5.74, 6) is -0.557. The minimum Gasteiger partial charge on any atom is -0.455 e. The maximum atomic E-state index is 13.1. The number of carbonyl (C=O) groups excluding carboxylic acids is 2. The van der Waals surface area contributed by atoms with Crippen LogP contribution < -0.4 is 5.32 Å². The lowest BCUT2D eigenvalue weighted by molar-refractivity contribution is -0.144. The van der Waals surface area contributed by atoms with E-state index < -0.39 is 35.2 Å². The van der Waals surface area contributed by atoms with E-state index in [-0.39, 0.29) is 11.4 Å². The molecule has 8 nitrogen and oxygen atoms in total. The van der Waals surface area contributed by atoms with Crippen molar-refractivity contribution in [2.75, 3.05) is 17.7 Å². The van der Waals surface area contributed by atoms with E-state index in [9.17, 15) is 22.8 Å². The molecule has 0 bridgehead atoms. The number of para-hydroxylation sites is 2. The zero-order valence-corrected chi connectivity index (χ0v) is 24.5. The molecule has 1 N–H and O–H groups in total. The van der Waals surface area contributed by atoms with E-state index in [2.05, 4.69) is 20.5 Å². The SMILES string of the molecule is O=C(COC(=O)CSc1nnc(CSc2nc3ccccc3s2)n1-c1ccccc1)Nc1ccc(Cl)c(C(F)(F)F)c1. The van der Waals surface area contributed by atoms with Gasteiger partial charge in [0, 0.05) is 11.4 Å². The Bertz CT molecular complexity index is 1700. The second-order valence-corrected chi connectivity index (χ2v) is 12.1. The van der Waals surface area contributed by atoms with Gasteiger partial charge in [-0.05, 0) is 42.5 Å². The first-order valence-electron chi connectivity index (χ1n) is 12.1. The maximum Gasteiger partial charge on any atom is 0.417 e. The van der Waals surface area contributed by atoms with Crippen molar-refractivity contribution in [2.45, 2.75) is 21.4 Å². The van der Waals surface area contributed by atoms with Crippen LogP contribution in [0.2, 0.25) is 5.02 Å². The van der Waals surface area contributed by atoms with Crippen LogP contribution in [-0.2, 0) is 26.3 Å². The maximum absolute atomic E-state index is 13.1. The normalized spacial score (nSPS) is 11.5. The number of benzene rings is 3. The van der Waals surface area contributed by atoms with E-state index in [4.69, 9.17) is 16.3 Å². The van der Waals surface area contributed by atoms with Gasteiger partial charge in [0.05, 0.1) is 32.3 Å². The zero-order valence-electron chi connectivity index (χ0n) is 21.3. The number of ether oxygens (including phenoxy) is 1. The number of rotatable bonds is 10. The monoisotopic (exact) mass is 649 g/mol. The molecule has 5 aromatic rings. The molecule has 0 atom stereocenters. The lowest BCUT2D eigenvalue weighted by Gasteiger charge is -2.12. The van der Waals surface area contributed by atoms with Crippen LogP contribution in [0.4, 0.5) is 18.9 Å². The molecule has 0 aliphatic rings. The highest BCUT2D eigenvalue weighted by Crippen LogP contribution is 2.36. The summed E-state index contributed by atoms with van der Waals surface area (Å²) in [5.41, 5.74) is 0.515. The van der Waals surface area contributed by atoms with E-state index >= 15 is 0 Å². The van der Waals surface area contributed by atoms with E-state index in [0.717, 1.165) is 38.1 Å². The number of nitrogens with one attached hydrogen (secondary N) is 1. The van der Waals surface area contributed by atoms with Crippen molar-refractivity contribution in [3.05, 3.63) is 89.2 Å². The van der Waals surface area contributed by atoms with Crippen molar-refractivity contribution < 1.29 is 27.5 Å². The lowest BCUT2D eigenvalue weighted by Crippen LogP contribution is -2.22. The first-order valence-corrected chi connectivity index (χ1v) is 15.3. The summed E-state index contributed by atoms with van der Waals surface area (Å²) >= 11 is 9.80. The lowest BCUT2D eigenvalue weighted by atomic mass is 10.2. The molecule has 0 radical (unpaired) electrons. The van der Waals surface area contributed by atoms with Gasteiger partial charge in [0.1, 0.15) is 5.82 Å². The summed E-state index contributed by atoms with van der Waals surface area (Å²) in [5, 5.41) is 10.8. The van der Waals surface area contributed by atoms with E-state index in [1.807, 2.05) is 59.2 Å². The number of thiazole rings is 1. The molecule has 2 aromatic heterocycles. The highest BCUT2D eigenvalue weighted by atomic mass is 35.5. The summed E-state index contributed by atoms with van der Waals surface area (Å²) < 4.78 is 48.0. The molecular weight excluding hydrogens is 631 g/mol. The Kier molecular flexibility index (Phi) is 9.36. The molecule has 5 rings (SSSR count). The van der Waals surface area contributed by atoms with Gasteiger partial charge < -0.3 is 10.1 Å². The number of fused-ring (bicyclic) bond motifs is 1. The number of anilines is 1. The van der Waals surface area contributed by atoms with Crippen molar-refractivity contribution in [1.29, 1.82) is 0 Å². The number of alkyl halides is 3. The summed E-state index contributed by atoms with van der Waals surface area (Å²) in [6.45, 7) is -0.682. The van der Waals surface area contributed by atoms with E-state index in [1.54, 1.807) is 11.3 Å². The zero-order chi connectivity index (χ0) is 29.7. The van der Waals surface area contributed by atoms with E-state index in [1.165, 1.54) is 17.8 Å². The molecule has 0 fully saturated rings. The minimum absolute atomic E-state index is 0.130. The van der Waals surface area contributed by atoms with Gasteiger partial charge in [0.25, 0.3) is 5.91 Å². The standard InChI is InChI=1S/C27H19ClF3N5O3S3/c28-19-11-10-16(12-18(19)27(29,30)31)32-23(37)13-39-24(38)15-40-25-35-34-22(36(25)17-6-2-1-3-7-17)14-41-26-33-20-8-4-5-9-21(20)42-26/h1-12H,13-15H2,(H,32,37). The number of nitrogens with zero attached hydrogens (tertiary/aromatic N) is 4. The average molecular weight is 650 g/mol. The summed E-state index contributed by atoms with van der Waals surface area (Å²) in [6, 6.07) is 20.3. The molecule has 3 aromatic carbocycles. The molecule has 216 valence electrons. The third kappa shape index (κ3) is 7.43. The van der Waals surface area contributed by atoms with Crippen LogP contribution in [0.3, 0.4) is 0 Å². The van der Waals surface area contributed by atoms with Crippen molar-refractivity contribution in [2.24, 2.45) is 0 Å². The van der Waals surface area contributed by atoms with Crippen LogP contribution in [0, 0.1) is 0 Å². The minimum atomic E-state index is -4.68. The fourth-order valence-corrected chi connectivity index (χ4v) is 6.67. The van der Waals surface area contributed by atoms with Crippen LogP contribution >= 0.6 is 46.5 Å². The number of thioether (sulfide) groups is 2. The largest absolute Gasteiger partial charge is 0.455 e. The third-order valence-corrected chi connectivity index (χ3v) is 8.96. The molecular formula is C27H19ClF3N5O3S3. The van der Waals surface area contributed by atoms with Gasteiger partial charge in [-0.2, -0.15) is 13.2 Å². The van der Waals surface area contributed by atoms with Gasteiger partial charge in [-0.1, -0.05) is 65.5 Å². The first kappa shape index (κ1) is 29.9. The Morgan fingerprint density at radius 1 is 1.00 bits per heavy atom. The molecule has 42 heavy (non-hydrogen) atoms. The molecule has 0 saturated heterocycles. The Morgan fingerprint density at radius 3 is 2.52 bits per heavy atom. The Morgan fingerprint density at radius 2 is 1.76 bits per heavy atom. The number of amides is 1. The van der Waals surface area contributed by atoms with Crippen LogP contribution in [-0.4, -0.2) is 44.0 Å². The highest BCUT2D eigenvalue weighted by Gasteiger charge is 2.33. The average Bonchev–Trinajstić information content (AvgIpc) is 3.58. The van der Waals surface area contributed by atoms with Gasteiger partial charge in [-0.25, -0.2) is 4.98 Å². The van der Waals surface area contributed by atoms with Crippen LogP contribution in [0.25, 0.3) is 15.9 Å². The summed E-state index contributed by atoms with van der Waals surface area (Å²) in [7, 11) is 0. The van der Waals surface area contributed by atoms with Crippen molar-refractivity contribution in [3.63, 3.8) is 0 Å². The second kappa shape index (κ2) is 13.2. The summed E-state index contributed by atoms with van der Waals surface area (Å²) in [6.07, 6.45) is -4.68. The fraction of sp³-hybridized carbons (Fsp3) is 0.148. The Labute approximate surface area is 254 Å². The van der Waals surface area contributed by atoms with Crippen molar-refractivity contribution in [1.82, 2.24) is 19.7 Å². The van der Waals surface area contributed by atoms with Gasteiger partial charge in [-0.3, -0.25) is 14.2 Å². The highest BCUT2D eigenvalue weighted by molar-refractivity contribution is 8.00. The van der Waals surface area contributed by atoms with Gasteiger partial charge in [0.15, 0.2) is 16.1 Å². The Hall–Kier alpha value is -3.59. The van der Waals surface area contributed by atoms with Crippen LogP contribution in [0.5, 0.6) is 0 Å². The molecule has 15 heteroatoms. The third-order valence-electron chi connectivity index (χ3n) is 5.55. The van der Waals surface area contributed by atoms with Gasteiger partial charge in [0.2, 0.25) is 0 Å².